The van der Waals surface area contributed by atoms with Gasteiger partial charge in [-0.25, -0.2) is 19.7 Å². The number of carbonyl (C=O) groups is 1. The van der Waals surface area contributed by atoms with Crippen molar-refractivity contribution in [2.75, 3.05) is 24.8 Å². The molecule has 0 atom stereocenters. The molecule has 4 heterocycles. The van der Waals surface area contributed by atoms with Gasteiger partial charge in [-0.2, -0.15) is 0 Å². The van der Waals surface area contributed by atoms with Gasteiger partial charge in [-0.05, 0) is 18.2 Å². The number of methoxy groups -OCH3 is 1. The number of hydrogen-bond acceptors (Lipinski definition) is 10. The number of carbonyl (C=O) groups excluding carboxylic acids is 1. The van der Waals surface area contributed by atoms with Crippen molar-refractivity contribution in [3.8, 4) is 5.82 Å². The summed E-state index contributed by atoms with van der Waals surface area (Å²) in [5, 5.41) is 9.81. The molecule has 0 aromatic carbocycles. The van der Waals surface area contributed by atoms with E-state index in [4.69, 9.17) is 9.26 Å². The van der Waals surface area contributed by atoms with E-state index < -0.39 is 5.97 Å². The van der Waals surface area contributed by atoms with E-state index in [0.29, 0.717) is 22.8 Å². The SMILES string of the molecule is CNc1cc(Nc2cccn(-c3ccncn3)c2=O)nc2c(C(=O)OC)onc12. The number of fused-ring (bicyclic) bond motifs is 1. The van der Waals surface area contributed by atoms with E-state index >= 15 is 0 Å². The van der Waals surface area contributed by atoms with Crippen LogP contribution in [0.2, 0.25) is 0 Å². The molecule has 0 unspecified atom stereocenters. The summed E-state index contributed by atoms with van der Waals surface area (Å²) in [6.45, 7) is 0. The van der Waals surface area contributed by atoms with Crippen LogP contribution >= 0.6 is 0 Å². The van der Waals surface area contributed by atoms with Gasteiger partial charge >= 0.3 is 5.97 Å². The molecule has 146 valence electrons. The minimum absolute atomic E-state index is 0.130. The topological polar surface area (TPSA) is 137 Å². The predicted octanol–water partition coefficient (Wildman–Crippen LogP) is 1.74. The lowest BCUT2D eigenvalue weighted by molar-refractivity contribution is 0.0557. The first-order valence-corrected chi connectivity index (χ1v) is 8.44. The van der Waals surface area contributed by atoms with Crippen molar-refractivity contribution in [3.05, 3.63) is 59.1 Å². The highest BCUT2D eigenvalue weighted by atomic mass is 16.5. The maximum atomic E-state index is 12.9. The molecule has 4 rings (SSSR count). The van der Waals surface area contributed by atoms with Crippen molar-refractivity contribution in [2.45, 2.75) is 0 Å². The van der Waals surface area contributed by atoms with E-state index in [-0.39, 0.29) is 22.5 Å². The largest absolute Gasteiger partial charge is 0.463 e. The molecule has 0 saturated heterocycles. The van der Waals surface area contributed by atoms with Crippen LogP contribution in [-0.2, 0) is 4.74 Å². The zero-order chi connectivity index (χ0) is 20.4. The van der Waals surface area contributed by atoms with Gasteiger partial charge in [0.15, 0.2) is 5.52 Å². The maximum Gasteiger partial charge on any atom is 0.379 e. The summed E-state index contributed by atoms with van der Waals surface area (Å²) in [5.41, 5.74) is 1.06. The van der Waals surface area contributed by atoms with E-state index in [1.165, 1.54) is 18.0 Å². The van der Waals surface area contributed by atoms with E-state index in [1.807, 2.05) is 0 Å². The molecule has 0 amide bonds. The summed E-state index contributed by atoms with van der Waals surface area (Å²) in [5.74, 6) is -0.0909. The van der Waals surface area contributed by atoms with E-state index in [0.717, 1.165) is 0 Å². The lowest BCUT2D eigenvalue weighted by Gasteiger charge is -2.10. The van der Waals surface area contributed by atoms with Crippen LogP contribution in [-0.4, -0.2) is 44.8 Å². The molecule has 0 saturated carbocycles. The summed E-state index contributed by atoms with van der Waals surface area (Å²) in [6, 6.07) is 6.57. The molecule has 0 spiro atoms. The third-order valence-electron chi connectivity index (χ3n) is 4.10. The number of nitrogens with zero attached hydrogens (tertiary/aromatic N) is 5. The molecular weight excluding hydrogens is 378 g/mol. The minimum atomic E-state index is -0.704. The smallest absolute Gasteiger partial charge is 0.379 e. The van der Waals surface area contributed by atoms with Gasteiger partial charge in [-0.1, -0.05) is 5.16 Å². The minimum Gasteiger partial charge on any atom is -0.463 e. The number of pyridine rings is 2. The van der Waals surface area contributed by atoms with Crippen LogP contribution in [0.1, 0.15) is 10.6 Å². The second kappa shape index (κ2) is 7.38. The number of anilines is 3. The highest BCUT2D eigenvalue weighted by Crippen LogP contribution is 2.28. The molecule has 29 heavy (non-hydrogen) atoms. The number of nitrogens with one attached hydrogen (secondary N) is 2. The number of hydrogen-bond donors (Lipinski definition) is 2. The number of ether oxygens (including phenoxy) is 1. The van der Waals surface area contributed by atoms with Crippen LogP contribution in [0.25, 0.3) is 16.9 Å². The number of rotatable bonds is 5. The Labute approximate surface area is 163 Å². The first-order valence-electron chi connectivity index (χ1n) is 8.44. The number of esters is 1. The standard InChI is InChI=1S/C18H15N7O4/c1-19-11-8-12(23-15-14(11)24-29-16(15)18(27)28-2)22-10-4-3-7-25(17(10)26)13-5-6-20-9-21-13/h3-9,19H,1-2H3,(H,22,23). The maximum absolute atomic E-state index is 12.9. The summed E-state index contributed by atoms with van der Waals surface area (Å²) in [4.78, 5) is 37.1. The van der Waals surface area contributed by atoms with Gasteiger partial charge in [0.2, 0.25) is 0 Å². The summed E-state index contributed by atoms with van der Waals surface area (Å²) < 4.78 is 11.2. The zero-order valence-corrected chi connectivity index (χ0v) is 15.4. The second-order valence-corrected chi connectivity index (χ2v) is 5.80. The van der Waals surface area contributed by atoms with Gasteiger partial charge < -0.3 is 19.9 Å². The van der Waals surface area contributed by atoms with Gasteiger partial charge in [0.25, 0.3) is 11.3 Å². The van der Waals surface area contributed by atoms with Crippen molar-refractivity contribution in [3.63, 3.8) is 0 Å². The zero-order valence-electron chi connectivity index (χ0n) is 15.4. The third kappa shape index (κ3) is 3.25. The summed E-state index contributed by atoms with van der Waals surface area (Å²) >= 11 is 0. The molecule has 0 aliphatic rings. The molecule has 0 aliphatic carbocycles. The Balaban J connectivity index is 1.79. The molecule has 4 aromatic heterocycles. The molecule has 0 aliphatic heterocycles. The Morgan fingerprint density at radius 1 is 1.24 bits per heavy atom. The van der Waals surface area contributed by atoms with Gasteiger partial charge in [0, 0.05) is 25.5 Å². The fraction of sp³-hybridized carbons (Fsp3) is 0.111. The molecule has 11 heteroatoms. The molecular formula is C18H15N7O4. The predicted molar refractivity (Wildman–Crippen MR) is 104 cm³/mol. The fourth-order valence-electron chi connectivity index (χ4n) is 2.74. The van der Waals surface area contributed by atoms with Crippen LogP contribution < -0.4 is 16.2 Å². The van der Waals surface area contributed by atoms with Crippen molar-refractivity contribution in [2.24, 2.45) is 0 Å². The van der Waals surface area contributed by atoms with Crippen LogP contribution in [0.15, 0.2) is 52.3 Å². The first kappa shape index (κ1) is 18.1. The molecule has 11 nitrogen and oxygen atoms in total. The van der Waals surface area contributed by atoms with E-state index in [9.17, 15) is 9.59 Å². The Morgan fingerprint density at radius 2 is 2.10 bits per heavy atom. The Bertz CT molecular complexity index is 1250. The first-order chi connectivity index (χ1) is 14.1. The molecule has 2 N–H and O–H groups in total. The highest BCUT2D eigenvalue weighted by molar-refractivity contribution is 6.03. The van der Waals surface area contributed by atoms with E-state index in [1.54, 1.807) is 43.7 Å². The lowest BCUT2D eigenvalue weighted by atomic mass is 10.2. The van der Waals surface area contributed by atoms with Crippen LogP contribution in [0, 0.1) is 0 Å². The van der Waals surface area contributed by atoms with Crippen molar-refractivity contribution in [1.29, 1.82) is 0 Å². The second-order valence-electron chi connectivity index (χ2n) is 5.80. The molecule has 0 fully saturated rings. The normalized spacial score (nSPS) is 10.7. The average molecular weight is 393 g/mol. The van der Waals surface area contributed by atoms with Crippen LogP contribution in [0.3, 0.4) is 0 Å². The van der Waals surface area contributed by atoms with Gasteiger partial charge in [-0.3, -0.25) is 9.36 Å². The quantitative estimate of drug-likeness (QED) is 0.482. The van der Waals surface area contributed by atoms with Gasteiger partial charge in [0.1, 0.15) is 29.2 Å². The van der Waals surface area contributed by atoms with Crippen molar-refractivity contribution < 1.29 is 14.1 Å². The van der Waals surface area contributed by atoms with Crippen LogP contribution in [0.4, 0.5) is 17.2 Å². The van der Waals surface area contributed by atoms with Crippen molar-refractivity contribution >= 4 is 34.2 Å². The third-order valence-corrected chi connectivity index (χ3v) is 4.10. The van der Waals surface area contributed by atoms with Crippen molar-refractivity contribution in [1.82, 2.24) is 24.7 Å². The van der Waals surface area contributed by atoms with Gasteiger partial charge in [0.05, 0.1) is 12.8 Å². The van der Waals surface area contributed by atoms with Gasteiger partial charge in [-0.15, -0.1) is 0 Å². The summed E-state index contributed by atoms with van der Waals surface area (Å²) in [7, 11) is 2.92. The van der Waals surface area contributed by atoms with Crippen LogP contribution in [0.5, 0.6) is 0 Å². The Hall–Kier alpha value is -4.28. The molecule has 0 bridgehead atoms. The summed E-state index contributed by atoms with van der Waals surface area (Å²) in [6.07, 6.45) is 4.50. The lowest BCUT2D eigenvalue weighted by Crippen LogP contribution is -2.21. The fourth-order valence-corrected chi connectivity index (χ4v) is 2.74. The number of aromatic nitrogens is 5. The molecule has 4 aromatic rings. The average Bonchev–Trinajstić information content (AvgIpc) is 3.18. The molecule has 0 radical (unpaired) electrons. The monoisotopic (exact) mass is 393 g/mol. The Morgan fingerprint density at radius 3 is 2.83 bits per heavy atom. The van der Waals surface area contributed by atoms with E-state index in [2.05, 4.69) is 30.7 Å². The Kier molecular flexibility index (Phi) is 4.61. The highest BCUT2D eigenvalue weighted by Gasteiger charge is 2.22.